The molecule has 0 saturated heterocycles. The summed E-state index contributed by atoms with van der Waals surface area (Å²) in [5.74, 6) is 0.403. The molecule has 1 aromatic rings. The fraction of sp³-hybridized carbons (Fsp3) is 0.429. The lowest BCUT2D eigenvalue weighted by molar-refractivity contribution is -0.757. The molecule has 0 spiro atoms. The van der Waals surface area contributed by atoms with Crippen LogP contribution in [0.15, 0.2) is 17.1 Å². The molecule has 1 atom stereocenters. The van der Waals surface area contributed by atoms with Crippen molar-refractivity contribution in [1.29, 1.82) is 0 Å². The summed E-state index contributed by atoms with van der Waals surface area (Å²) in [5.41, 5.74) is 6.52. The predicted molar refractivity (Wildman–Crippen MR) is 98.3 cm³/mol. The Morgan fingerprint density at radius 1 is 1.44 bits per heavy atom. The van der Waals surface area contributed by atoms with Crippen LogP contribution < -0.4 is 11.1 Å². The molecule has 1 aliphatic heterocycles. The average molecular weight is 422 g/mol. The van der Waals surface area contributed by atoms with Crippen molar-refractivity contribution in [1.82, 2.24) is 4.90 Å². The zero-order valence-corrected chi connectivity index (χ0v) is 15.7. The van der Waals surface area contributed by atoms with Crippen molar-refractivity contribution in [3.63, 3.8) is 0 Å². The van der Waals surface area contributed by atoms with Crippen LogP contribution >= 0.6 is 23.2 Å². The first-order chi connectivity index (χ1) is 12.8. The average Bonchev–Trinajstić information content (AvgIpc) is 3.03. The molecule has 1 heterocycles. The number of rotatable bonds is 7. The molecule has 1 aliphatic rings. The van der Waals surface area contributed by atoms with Gasteiger partial charge in [0.2, 0.25) is 5.96 Å². The van der Waals surface area contributed by atoms with Crippen molar-refractivity contribution in [3.8, 4) is 0 Å². The van der Waals surface area contributed by atoms with Crippen LogP contribution in [0.5, 0.6) is 0 Å². The predicted octanol–water partition coefficient (Wildman–Crippen LogP) is 2.37. The van der Waals surface area contributed by atoms with Crippen LogP contribution in [0, 0.1) is 10.1 Å². The lowest BCUT2D eigenvalue weighted by atomic mass is 10.3. The minimum Gasteiger partial charge on any atom is -0.432 e. The number of ether oxygens (including phenoxy) is 2. The molecule has 1 aromatic carbocycles. The van der Waals surface area contributed by atoms with Crippen LogP contribution in [-0.2, 0) is 14.3 Å². The molecule has 0 radical (unpaired) electrons. The molecule has 0 aliphatic carbocycles. The normalized spacial score (nSPS) is 14.3. The summed E-state index contributed by atoms with van der Waals surface area (Å²) < 4.78 is 9.82. The fourth-order valence-corrected chi connectivity index (χ4v) is 2.82. The van der Waals surface area contributed by atoms with Crippen molar-refractivity contribution in [2.24, 2.45) is 4.99 Å². The second-order valence-corrected chi connectivity index (χ2v) is 6.07. The number of aliphatic imine (C=N–C) groups is 1. The number of hydrogen-bond donors (Lipinski definition) is 2. The topological polar surface area (TPSA) is 142 Å². The molecular formula is C14H17Cl2N5O6. The van der Waals surface area contributed by atoms with Crippen molar-refractivity contribution >= 4 is 46.7 Å². The van der Waals surface area contributed by atoms with Crippen LogP contribution in [0.3, 0.4) is 0 Å². The van der Waals surface area contributed by atoms with E-state index in [4.69, 9.17) is 38.4 Å². The highest BCUT2D eigenvalue weighted by molar-refractivity contribution is 6.40. The number of guanidine groups is 1. The molecule has 0 fully saturated rings. The third-order valence-corrected chi connectivity index (χ3v) is 3.98. The van der Waals surface area contributed by atoms with Gasteiger partial charge in [0, 0.05) is 12.2 Å². The second kappa shape index (κ2) is 9.33. The number of nitrogens with zero attached hydrogens (tertiary/aromatic N) is 3. The maximum atomic E-state index is 11.7. The smallest absolute Gasteiger partial charge is 0.432 e. The number of nitrogen functional groups attached to an aromatic ring is 1. The van der Waals surface area contributed by atoms with Crippen LogP contribution in [0.1, 0.15) is 6.92 Å². The molecule has 1 unspecified atom stereocenters. The summed E-state index contributed by atoms with van der Waals surface area (Å²) in [6.45, 7) is 1.85. The SMILES string of the molecule is CC(OC(=O)OCCO[N+](=O)[O-])N1CCN=C1Nc1c(Cl)cc(N)cc1Cl. The lowest BCUT2D eigenvalue weighted by Gasteiger charge is -2.27. The van der Waals surface area contributed by atoms with Crippen molar-refractivity contribution in [3.05, 3.63) is 32.3 Å². The Morgan fingerprint density at radius 3 is 2.74 bits per heavy atom. The van der Waals surface area contributed by atoms with Gasteiger partial charge in [-0.2, -0.15) is 0 Å². The highest BCUT2D eigenvalue weighted by Gasteiger charge is 2.26. The van der Waals surface area contributed by atoms with Crippen LogP contribution in [0.2, 0.25) is 10.0 Å². The molecule has 0 amide bonds. The van der Waals surface area contributed by atoms with E-state index in [0.29, 0.717) is 40.5 Å². The number of carbonyl (C=O) groups is 1. The highest BCUT2D eigenvalue weighted by Crippen LogP contribution is 2.33. The van der Waals surface area contributed by atoms with Crippen molar-refractivity contribution < 1.29 is 24.2 Å². The van der Waals surface area contributed by atoms with Gasteiger partial charge in [0.1, 0.15) is 13.2 Å². The zero-order chi connectivity index (χ0) is 20.0. The van der Waals surface area contributed by atoms with Crippen LogP contribution in [-0.4, -0.2) is 54.6 Å². The van der Waals surface area contributed by atoms with Gasteiger partial charge in [0.15, 0.2) is 6.23 Å². The number of benzene rings is 1. The minimum atomic E-state index is -0.996. The van der Waals surface area contributed by atoms with Gasteiger partial charge in [0.25, 0.3) is 5.09 Å². The third-order valence-electron chi connectivity index (χ3n) is 3.38. The molecular weight excluding hydrogens is 405 g/mol. The Hall–Kier alpha value is -2.66. The Morgan fingerprint density at radius 2 is 2.11 bits per heavy atom. The number of halogens is 2. The number of nitrogens with one attached hydrogen (secondary N) is 1. The van der Waals surface area contributed by atoms with Crippen LogP contribution in [0.25, 0.3) is 0 Å². The molecule has 0 aromatic heterocycles. The molecule has 148 valence electrons. The first kappa shape index (κ1) is 20.6. The summed E-state index contributed by atoms with van der Waals surface area (Å²) in [4.78, 5) is 31.6. The molecule has 2 rings (SSSR count). The fourth-order valence-electron chi connectivity index (χ4n) is 2.22. The van der Waals surface area contributed by atoms with E-state index in [0.717, 1.165) is 0 Å². The van der Waals surface area contributed by atoms with E-state index >= 15 is 0 Å². The first-order valence-electron chi connectivity index (χ1n) is 7.71. The highest BCUT2D eigenvalue weighted by atomic mass is 35.5. The van der Waals surface area contributed by atoms with Gasteiger partial charge >= 0.3 is 6.16 Å². The van der Waals surface area contributed by atoms with E-state index in [-0.39, 0.29) is 13.2 Å². The quantitative estimate of drug-likeness (QED) is 0.223. The van der Waals surface area contributed by atoms with E-state index < -0.39 is 17.5 Å². The maximum Gasteiger partial charge on any atom is 0.510 e. The largest absolute Gasteiger partial charge is 0.510 e. The van der Waals surface area contributed by atoms with Gasteiger partial charge in [-0.15, -0.1) is 10.1 Å². The molecule has 0 saturated carbocycles. The van der Waals surface area contributed by atoms with Crippen molar-refractivity contribution in [2.45, 2.75) is 13.2 Å². The summed E-state index contributed by atoms with van der Waals surface area (Å²) in [6, 6.07) is 3.08. The zero-order valence-electron chi connectivity index (χ0n) is 14.2. The minimum absolute atomic E-state index is 0.313. The molecule has 3 N–H and O–H groups in total. The van der Waals surface area contributed by atoms with E-state index in [1.54, 1.807) is 24.0 Å². The van der Waals surface area contributed by atoms with E-state index in [1.165, 1.54) is 0 Å². The molecule has 13 heteroatoms. The summed E-state index contributed by atoms with van der Waals surface area (Å²) in [7, 11) is 0. The van der Waals surface area contributed by atoms with Crippen LogP contribution in [0.4, 0.5) is 16.2 Å². The van der Waals surface area contributed by atoms with E-state index in [9.17, 15) is 14.9 Å². The molecule has 11 nitrogen and oxygen atoms in total. The second-order valence-electron chi connectivity index (χ2n) is 5.26. The summed E-state index contributed by atoms with van der Waals surface area (Å²) >= 11 is 12.3. The number of hydrogen-bond acceptors (Lipinski definition) is 10. The summed E-state index contributed by atoms with van der Waals surface area (Å²) in [6.07, 6.45) is -1.72. The van der Waals surface area contributed by atoms with Gasteiger partial charge in [0.05, 0.1) is 22.3 Å². The number of carbonyl (C=O) groups excluding carboxylic acids is 1. The Balaban J connectivity index is 1.91. The van der Waals surface area contributed by atoms with Gasteiger partial charge in [-0.1, -0.05) is 23.2 Å². The van der Waals surface area contributed by atoms with E-state index in [1.807, 2.05) is 0 Å². The maximum absolute atomic E-state index is 11.7. The van der Waals surface area contributed by atoms with E-state index in [2.05, 4.69) is 15.1 Å². The molecule has 27 heavy (non-hydrogen) atoms. The number of nitrogens with two attached hydrogens (primary N) is 1. The Labute approximate surface area is 164 Å². The van der Waals surface area contributed by atoms with Gasteiger partial charge in [-0.25, -0.2) is 4.79 Å². The first-order valence-corrected chi connectivity index (χ1v) is 8.47. The monoisotopic (exact) mass is 421 g/mol. The van der Waals surface area contributed by atoms with Gasteiger partial charge in [-0.05, 0) is 19.1 Å². The van der Waals surface area contributed by atoms with Crippen molar-refractivity contribution in [2.75, 3.05) is 37.4 Å². The summed E-state index contributed by atoms with van der Waals surface area (Å²) in [5, 5.41) is 12.7. The number of anilines is 2. The lowest BCUT2D eigenvalue weighted by Crippen LogP contribution is -2.42. The van der Waals surface area contributed by atoms with Gasteiger partial charge < -0.3 is 30.3 Å². The Kier molecular flexibility index (Phi) is 7.13. The molecule has 0 bridgehead atoms. The van der Waals surface area contributed by atoms with Gasteiger partial charge in [-0.3, -0.25) is 4.99 Å². The third kappa shape index (κ3) is 5.93. The Bertz CT molecular complexity index is 724. The standard InChI is InChI=1S/C14H17Cl2N5O6/c1-8(27-14(22)25-4-5-26-21(23)24)20-3-2-18-13(20)19-12-10(15)6-9(17)7-11(12)16/h6-8H,2-5,17H2,1H3,(H,18,19).